The topological polar surface area (TPSA) is 59.4 Å². The van der Waals surface area contributed by atoms with Gasteiger partial charge >= 0.3 is 5.97 Å². The van der Waals surface area contributed by atoms with Crippen molar-refractivity contribution in [1.29, 1.82) is 0 Å². The second-order valence-corrected chi connectivity index (χ2v) is 5.93. The highest BCUT2D eigenvalue weighted by Crippen LogP contribution is 2.46. The number of hydrogen-bond donors (Lipinski definition) is 1. The largest absolute Gasteiger partial charge is 0.478 e. The van der Waals surface area contributed by atoms with Crippen LogP contribution in [0.5, 0.6) is 5.88 Å². The molecule has 0 aromatic carbocycles. The molecule has 1 aliphatic carbocycles. The van der Waals surface area contributed by atoms with E-state index in [1.807, 2.05) is 0 Å². The Morgan fingerprint density at radius 1 is 1.47 bits per heavy atom. The molecule has 0 bridgehead atoms. The van der Waals surface area contributed by atoms with E-state index >= 15 is 0 Å². The zero-order chi connectivity index (χ0) is 13.9. The van der Waals surface area contributed by atoms with Crippen molar-refractivity contribution in [1.82, 2.24) is 4.98 Å². The van der Waals surface area contributed by atoms with Gasteiger partial charge in [-0.3, -0.25) is 0 Å². The molecule has 1 aromatic heterocycles. The molecule has 19 heavy (non-hydrogen) atoms. The lowest BCUT2D eigenvalue weighted by Gasteiger charge is -2.42. The molecule has 1 heterocycles. The van der Waals surface area contributed by atoms with Crippen molar-refractivity contribution in [3.05, 3.63) is 23.9 Å². The molecular formula is C15H21NO3. The van der Waals surface area contributed by atoms with Crippen LogP contribution in [-0.2, 0) is 0 Å². The van der Waals surface area contributed by atoms with E-state index in [1.54, 1.807) is 6.07 Å². The fourth-order valence-electron chi connectivity index (χ4n) is 2.77. The van der Waals surface area contributed by atoms with E-state index < -0.39 is 5.97 Å². The number of hydrogen-bond acceptors (Lipinski definition) is 3. The van der Waals surface area contributed by atoms with Crippen molar-refractivity contribution in [2.45, 2.75) is 39.5 Å². The maximum absolute atomic E-state index is 10.7. The van der Waals surface area contributed by atoms with Gasteiger partial charge in [-0.15, -0.1) is 0 Å². The van der Waals surface area contributed by atoms with E-state index in [-0.39, 0.29) is 5.56 Å². The molecule has 1 saturated carbocycles. The molecule has 0 unspecified atom stereocenters. The molecule has 1 fully saturated rings. The summed E-state index contributed by atoms with van der Waals surface area (Å²) in [5.74, 6) is 0.223. The monoisotopic (exact) mass is 263 g/mol. The number of aromatic carboxylic acids is 1. The summed E-state index contributed by atoms with van der Waals surface area (Å²) in [5.41, 5.74) is 0.495. The van der Waals surface area contributed by atoms with Gasteiger partial charge in [-0.05, 0) is 31.2 Å². The minimum absolute atomic E-state index is 0.188. The Kier molecular flexibility index (Phi) is 4.08. The number of carboxylic acids is 1. The fourth-order valence-corrected chi connectivity index (χ4v) is 2.77. The molecule has 4 nitrogen and oxygen atoms in total. The fraction of sp³-hybridized carbons (Fsp3) is 0.600. The minimum atomic E-state index is -0.964. The second kappa shape index (κ2) is 5.59. The quantitative estimate of drug-likeness (QED) is 0.854. The summed E-state index contributed by atoms with van der Waals surface area (Å²) >= 11 is 0. The van der Waals surface area contributed by atoms with E-state index in [0.29, 0.717) is 23.8 Å². The lowest BCUT2D eigenvalue weighted by molar-refractivity contribution is 0.0342. The maximum atomic E-state index is 10.7. The highest BCUT2D eigenvalue weighted by atomic mass is 16.5. The van der Waals surface area contributed by atoms with Crippen LogP contribution in [0.25, 0.3) is 0 Å². The van der Waals surface area contributed by atoms with Crippen molar-refractivity contribution in [3.8, 4) is 5.88 Å². The number of carboxylic acid groups (broad SMARTS) is 1. The first-order chi connectivity index (χ1) is 9.01. The van der Waals surface area contributed by atoms with Crippen molar-refractivity contribution >= 4 is 5.97 Å². The van der Waals surface area contributed by atoms with Gasteiger partial charge in [-0.25, -0.2) is 9.78 Å². The van der Waals surface area contributed by atoms with Gasteiger partial charge in [0.15, 0.2) is 0 Å². The Hall–Kier alpha value is -1.58. The first kappa shape index (κ1) is 13.8. The zero-order valence-corrected chi connectivity index (χ0v) is 11.6. The van der Waals surface area contributed by atoms with Crippen LogP contribution in [0.1, 0.15) is 49.9 Å². The summed E-state index contributed by atoms with van der Waals surface area (Å²) in [6.45, 7) is 5.16. The molecule has 0 spiro atoms. The van der Waals surface area contributed by atoms with Gasteiger partial charge in [0.05, 0.1) is 12.2 Å². The molecular weight excluding hydrogens is 242 g/mol. The lowest BCUT2D eigenvalue weighted by Crippen LogP contribution is -2.37. The van der Waals surface area contributed by atoms with Gasteiger partial charge < -0.3 is 9.84 Å². The van der Waals surface area contributed by atoms with E-state index in [4.69, 9.17) is 9.84 Å². The molecule has 0 atom stereocenters. The van der Waals surface area contributed by atoms with Crippen LogP contribution in [0.2, 0.25) is 0 Å². The third kappa shape index (κ3) is 3.46. The molecule has 1 N–H and O–H groups in total. The number of carbonyl (C=O) groups is 1. The van der Waals surface area contributed by atoms with Gasteiger partial charge in [0.25, 0.3) is 0 Å². The van der Waals surface area contributed by atoms with E-state index in [2.05, 4.69) is 18.8 Å². The summed E-state index contributed by atoms with van der Waals surface area (Å²) in [5, 5.41) is 8.80. The molecule has 1 aromatic rings. The van der Waals surface area contributed by atoms with Crippen LogP contribution in [-0.4, -0.2) is 22.7 Å². The summed E-state index contributed by atoms with van der Waals surface area (Å²) in [4.78, 5) is 14.8. The predicted octanol–water partition coefficient (Wildman–Crippen LogP) is 3.38. The Bertz CT molecular complexity index is 435. The van der Waals surface area contributed by atoms with Gasteiger partial charge in [0, 0.05) is 17.7 Å². The highest BCUT2D eigenvalue weighted by Gasteiger charge is 2.38. The van der Waals surface area contributed by atoms with E-state index in [1.165, 1.54) is 37.9 Å². The smallest absolute Gasteiger partial charge is 0.337 e. The summed E-state index contributed by atoms with van der Waals surface area (Å²) in [6.07, 6.45) is 6.24. The number of ether oxygens (including phenoxy) is 1. The van der Waals surface area contributed by atoms with Crippen molar-refractivity contribution in [2.24, 2.45) is 11.3 Å². The van der Waals surface area contributed by atoms with Crippen molar-refractivity contribution < 1.29 is 14.6 Å². The average Bonchev–Trinajstić information content (AvgIpc) is 2.32. The van der Waals surface area contributed by atoms with Crippen LogP contribution < -0.4 is 4.74 Å². The highest BCUT2D eigenvalue weighted by molar-refractivity contribution is 5.87. The molecule has 0 amide bonds. The Morgan fingerprint density at radius 3 is 2.63 bits per heavy atom. The van der Waals surface area contributed by atoms with Crippen molar-refractivity contribution in [3.63, 3.8) is 0 Å². The van der Waals surface area contributed by atoms with E-state index in [9.17, 15) is 4.79 Å². The Labute approximate surface area is 113 Å². The van der Waals surface area contributed by atoms with E-state index in [0.717, 1.165) is 0 Å². The lowest BCUT2D eigenvalue weighted by atomic mass is 9.65. The van der Waals surface area contributed by atoms with Crippen molar-refractivity contribution in [2.75, 3.05) is 6.61 Å². The standard InChI is InChI=1S/C15H21NO3/c1-11(2)8-15(6-3-7-15)10-19-13-5-4-12(9-16-13)14(17)18/h4-5,9,11H,3,6-8,10H2,1-2H3,(H,17,18). The van der Waals surface area contributed by atoms with Crippen LogP contribution >= 0.6 is 0 Å². The third-order valence-electron chi connectivity index (χ3n) is 3.77. The summed E-state index contributed by atoms with van der Waals surface area (Å²) < 4.78 is 5.74. The summed E-state index contributed by atoms with van der Waals surface area (Å²) in [7, 11) is 0. The molecule has 0 saturated heterocycles. The van der Waals surface area contributed by atoms with Crippen LogP contribution in [0.15, 0.2) is 18.3 Å². The van der Waals surface area contributed by atoms with Crippen LogP contribution in [0.3, 0.4) is 0 Å². The van der Waals surface area contributed by atoms with Gasteiger partial charge in [-0.2, -0.15) is 0 Å². The minimum Gasteiger partial charge on any atom is -0.478 e. The Balaban J connectivity index is 1.92. The second-order valence-electron chi connectivity index (χ2n) is 5.93. The summed E-state index contributed by atoms with van der Waals surface area (Å²) in [6, 6.07) is 3.16. The molecule has 104 valence electrons. The third-order valence-corrected chi connectivity index (χ3v) is 3.77. The number of nitrogens with zero attached hydrogens (tertiary/aromatic N) is 1. The van der Waals surface area contributed by atoms with Gasteiger partial charge in [0.2, 0.25) is 5.88 Å². The van der Waals surface area contributed by atoms with Gasteiger partial charge in [-0.1, -0.05) is 20.3 Å². The van der Waals surface area contributed by atoms with Crippen LogP contribution in [0.4, 0.5) is 0 Å². The molecule has 0 radical (unpaired) electrons. The predicted molar refractivity (Wildman–Crippen MR) is 72.4 cm³/mol. The normalized spacial score (nSPS) is 17.0. The average molecular weight is 263 g/mol. The molecule has 1 aliphatic rings. The number of rotatable bonds is 6. The first-order valence-corrected chi connectivity index (χ1v) is 6.83. The number of pyridine rings is 1. The molecule has 4 heteroatoms. The number of aromatic nitrogens is 1. The first-order valence-electron chi connectivity index (χ1n) is 6.83. The van der Waals surface area contributed by atoms with Gasteiger partial charge in [0.1, 0.15) is 0 Å². The zero-order valence-electron chi connectivity index (χ0n) is 11.6. The molecule has 0 aliphatic heterocycles. The Morgan fingerprint density at radius 2 is 2.21 bits per heavy atom. The maximum Gasteiger partial charge on any atom is 0.337 e. The SMILES string of the molecule is CC(C)CC1(COc2ccc(C(=O)O)cn2)CCC1. The van der Waals surface area contributed by atoms with Crippen LogP contribution in [0, 0.1) is 11.3 Å². The molecule has 2 rings (SSSR count).